The maximum absolute atomic E-state index is 15.5. The van der Waals surface area contributed by atoms with Gasteiger partial charge in [0, 0.05) is 47.4 Å². The second kappa shape index (κ2) is 10.5. The Balaban J connectivity index is 1.63. The maximum atomic E-state index is 15.5. The molecule has 1 atom stereocenters. The summed E-state index contributed by atoms with van der Waals surface area (Å²) in [4.78, 5) is 15.1. The SMILES string of the molecule is C#CC(O)(C1=CC=C(OC)N=CN1)c1cc(-c2ncnc3cc(N4CCOCC4)ccc23)c(F)cc1OC. The van der Waals surface area contributed by atoms with Crippen LogP contribution in [0.1, 0.15) is 5.56 Å². The van der Waals surface area contributed by atoms with Crippen LogP contribution < -0.4 is 15.0 Å². The fourth-order valence-electron chi connectivity index (χ4n) is 4.52. The number of aliphatic hydroxyl groups is 1. The van der Waals surface area contributed by atoms with Gasteiger partial charge in [-0.1, -0.05) is 5.92 Å². The summed E-state index contributed by atoms with van der Waals surface area (Å²) in [5, 5.41) is 15.3. The van der Waals surface area contributed by atoms with Crippen LogP contribution in [0.4, 0.5) is 10.1 Å². The predicted octanol–water partition coefficient (Wildman–Crippen LogP) is 3.11. The summed E-state index contributed by atoms with van der Waals surface area (Å²) in [6.45, 7) is 2.87. The summed E-state index contributed by atoms with van der Waals surface area (Å²) >= 11 is 0. The first-order chi connectivity index (χ1) is 18.5. The monoisotopic (exact) mass is 515 g/mol. The number of benzene rings is 2. The first-order valence-corrected chi connectivity index (χ1v) is 11.9. The van der Waals surface area contributed by atoms with E-state index in [1.807, 2.05) is 18.2 Å². The molecule has 5 rings (SSSR count). The van der Waals surface area contributed by atoms with Crippen LogP contribution in [0.2, 0.25) is 0 Å². The molecule has 1 fully saturated rings. The Labute approximate surface area is 219 Å². The molecule has 1 unspecified atom stereocenters. The molecule has 0 bridgehead atoms. The van der Waals surface area contributed by atoms with Crippen molar-refractivity contribution in [2.24, 2.45) is 4.99 Å². The minimum absolute atomic E-state index is 0.0690. The molecular weight excluding hydrogens is 489 g/mol. The van der Waals surface area contributed by atoms with Crippen LogP contribution in [0.5, 0.6) is 5.75 Å². The smallest absolute Gasteiger partial charge is 0.214 e. The molecular formula is C28H26FN5O4. The van der Waals surface area contributed by atoms with Gasteiger partial charge in [0.15, 0.2) is 5.60 Å². The van der Waals surface area contributed by atoms with Gasteiger partial charge in [0.1, 0.15) is 17.9 Å². The van der Waals surface area contributed by atoms with E-state index in [0.717, 1.165) is 18.8 Å². The largest absolute Gasteiger partial charge is 0.496 e. The average molecular weight is 516 g/mol. The van der Waals surface area contributed by atoms with Crippen LogP contribution in [-0.2, 0) is 15.1 Å². The number of hydrogen-bond acceptors (Lipinski definition) is 9. The van der Waals surface area contributed by atoms with Gasteiger partial charge in [0.25, 0.3) is 0 Å². The van der Waals surface area contributed by atoms with Crippen molar-refractivity contribution in [1.82, 2.24) is 15.3 Å². The van der Waals surface area contributed by atoms with Crippen LogP contribution >= 0.6 is 0 Å². The molecule has 3 heterocycles. The fourth-order valence-corrected chi connectivity index (χ4v) is 4.52. The Morgan fingerprint density at radius 2 is 1.95 bits per heavy atom. The zero-order chi connectivity index (χ0) is 26.7. The van der Waals surface area contributed by atoms with Gasteiger partial charge in [0.2, 0.25) is 5.88 Å². The van der Waals surface area contributed by atoms with Gasteiger partial charge in [0.05, 0.1) is 50.7 Å². The summed E-state index contributed by atoms with van der Waals surface area (Å²) in [5.74, 6) is 2.21. The average Bonchev–Trinajstić information content (AvgIpc) is 3.23. The number of hydrogen-bond donors (Lipinski definition) is 2. The lowest BCUT2D eigenvalue weighted by Crippen LogP contribution is -2.36. The molecule has 0 aliphatic carbocycles. The molecule has 2 aliphatic heterocycles. The van der Waals surface area contributed by atoms with E-state index in [-0.39, 0.29) is 22.6 Å². The maximum Gasteiger partial charge on any atom is 0.214 e. The third kappa shape index (κ3) is 4.53. The highest BCUT2D eigenvalue weighted by molar-refractivity contribution is 5.94. The van der Waals surface area contributed by atoms with Gasteiger partial charge < -0.3 is 29.5 Å². The number of aliphatic imine (C=N–C) groups is 1. The van der Waals surface area contributed by atoms with Crippen molar-refractivity contribution in [2.75, 3.05) is 45.4 Å². The quantitative estimate of drug-likeness (QED) is 0.483. The van der Waals surface area contributed by atoms with Crippen LogP contribution in [0.15, 0.2) is 65.4 Å². The Hall–Kier alpha value is -4.46. The number of fused-ring (bicyclic) bond motifs is 1. The highest BCUT2D eigenvalue weighted by atomic mass is 19.1. The number of rotatable bonds is 6. The van der Waals surface area contributed by atoms with Crippen molar-refractivity contribution in [2.45, 2.75) is 5.60 Å². The number of morpholine rings is 1. The zero-order valence-electron chi connectivity index (χ0n) is 20.9. The molecule has 2 aliphatic rings. The van der Waals surface area contributed by atoms with Crippen molar-refractivity contribution >= 4 is 22.9 Å². The lowest BCUT2D eigenvalue weighted by Gasteiger charge is -2.29. The third-order valence-electron chi connectivity index (χ3n) is 6.54. The second-order valence-corrected chi connectivity index (χ2v) is 8.60. The number of aromatic nitrogens is 2. The van der Waals surface area contributed by atoms with E-state index in [1.54, 1.807) is 12.2 Å². The minimum Gasteiger partial charge on any atom is -0.496 e. The Morgan fingerprint density at radius 1 is 1.13 bits per heavy atom. The van der Waals surface area contributed by atoms with Crippen molar-refractivity contribution in [1.29, 1.82) is 0 Å². The van der Waals surface area contributed by atoms with Crippen molar-refractivity contribution < 1.29 is 23.7 Å². The molecule has 0 amide bonds. The van der Waals surface area contributed by atoms with Crippen LogP contribution in [0.3, 0.4) is 0 Å². The van der Waals surface area contributed by atoms with E-state index in [2.05, 4.69) is 31.1 Å². The number of ether oxygens (including phenoxy) is 3. The topological polar surface area (TPSA) is 101 Å². The Kier molecular flexibility index (Phi) is 6.96. The first kappa shape index (κ1) is 25.2. The molecule has 10 heteroatoms. The lowest BCUT2D eigenvalue weighted by molar-refractivity contribution is 0.122. The zero-order valence-corrected chi connectivity index (χ0v) is 20.9. The molecule has 38 heavy (non-hydrogen) atoms. The first-order valence-electron chi connectivity index (χ1n) is 11.9. The molecule has 3 aromatic rings. The van der Waals surface area contributed by atoms with Crippen LogP contribution in [0.25, 0.3) is 22.2 Å². The molecule has 0 radical (unpaired) electrons. The second-order valence-electron chi connectivity index (χ2n) is 8.60. The van der Waals surface area contributed by atoms with E-state index in [1.165, 1.54) is 39.0 Å². The highest BCUT2D eigenvalue weighted by Gasteiger charge is 2.36. The standard InChI is InChI=1S/C28H26FN5O4/c1-4-28(35,25-7-8-26(37-3)32-17-31-25)21-14-20(22(29)15-24(21)36-2)27-19-6-5-18(13-23(19)30-16-33-27)34-9-11-38-12-10-34/h1,5-8,13-17,35H,9-12H2,2-3H3,(H,31,32). The van der Waals surface area contributed by atoms with E-state index in [9.17, 15) is 5.11 Å². The summed E-state index contributed by atoms with van der Waals surface area (Å²) in [7, 11) is 2.85. The van der Waals surface area contributed by atoms with E-state index < -0.39 is 11.4 Å². The molecule has 1 aromatic heterocycles. The van der Waals surface area contributed by atoms with Gasteiger partial charge in [-0.3, -0.25) is 0 Å². The van der Waals surface area contributed by atoms with Crippen LogP contribution in [0, 0.1) is 18.2 Å². The van der Waals surface area contributed by atoms with Crippen molar-refractivity contribution in [3.05, 3.63) is 71.8 Å². The van der Waals surface area contributed by atoms with Gasteiger partial charge in [-0.2, -0.15) is 0 Å². The summed E-state index contributed by atoms with van der Waals surface area (Å²) in [6, 6.07) is 8.42. The number of methoxy groups -OCH3 is 2. The predicted molar refractivity (Wildman–Crippen MR) is 142 cm³/mol. The van der Waals surface area contributed by atoms with E-state index in [0.29, 0.717) is 35.7 Å². The normalized spacial score (nSPS) is 17.0. The summed E-state index contributed by atoms with van der Waals surface area (Å²) in [5.41, 5.74) is 0.481. The number of allylic oxidation sites excluding steroid dienone is 2. The molecule has 1 saturated heterocycles. The number of nitrogens with zero attached hydrogens (tertiary/aromatic N) is 4. The number of nitrogens with one attached hydrogen (secondary N) is 1. The molecule has 9 nitrogen and oxygen atoms in total. The van der Waals surface area contributed by atoms with Gasteiger partial charge >= 0.3 is 0 Å². The van der Waals surface area contributed by atoms with Gasteiger partial charge in [-0.05, 0) is 30.3 Å². The van der Waals surface area contributed by atoms with Crippen molar-refractivity contribution in [3.63, 3.8) is 0 Å². The fraction of sp³-hybridized carbons (Fsp3) is 0.250. The number of terminal acetylenes is 1. The number of anilines is 1. The molecule has 0 spiro atoms. The number of halogens is 1. The summed E-state index contributed by atoms with van der Waals surface area (Å²) < 4.78 is 31.5. The van der Waals surface area contributed by atoms with Crippen LogP contribution in [-0.4, -0.2) is 61.9 Å². The molecule has 2 N–H and O–H groups in total. The minimum atomic E-state index is -2.02. The van der Waals surface area contributed by atoms with Gasteiger partial charge in [-0.25, -0.2) is 19.4 Å². The van der Waals surface area contributed by atoms with Crippen molar-refractivity contribution in [3.8, 4) is 29.4 Å². The molecule has 2 aromatic carbocycles. The third-order valence-corrected chi connectivity index (χ3v) is 6.54. The van der Waals surface area contributed by atoms with Gasteiger partial charge in [-0.15, -0.1) is 6.42 Å². The molecule has 0 saturated carbocycles. The lowest BCUT2D eigenvalue weighted by atomic mass is 9.87. The summed E-state index contributed by atoms with van der Waals surface area (Å²) in [6.07, 6.45) is 11.7. The Bertz CT molecular complexity index is 1510. The highest BCUT2D eigenvalue weighted by Crippen LogP contribution is 2.40. The Morgan fingerprint density at radius 3 is 2.68 bits per heavy atom. The van der Waals surface area contributed by atoms with E-state index in [4.69, 9.17) is 20.6 Å². The molecule has 194 valence electrons. The van der Waals surface area contributed by atoms with E-state index >= 15 is 4.39 Å².